The van der Waals surface area contributed by atoms with E-state index < -0.39 is 8.56 Å². The third kappa shape index (κ3) is 4.76. The van der Waals surface area contributed by atoms with Gasteiger partial charge in [0.1, 0.15) is 0 Å². The Kier molecular flexibility index (Phi) is 6.76. The van der Waals surface area contributed by atoms with Crippen LogP contribution in [0.2, 0.25) is 12.6 Å². The Hall–Kier alpha value is 0.837. The zero-order valence-electron chi connectivity index (χ0n) is 7.91. The number of hydrogen-bond donors (Lipinski definition) is 2. The van der Waals surface area contributed by atoms with E-state index >= 15 is 0 Å². The Bertz CT molecular complexity index is 120. The number of thiol groups is 2. The first-order valence-corrected chi connectivity index (χ1v) is 7.64. The Morgan fingerprint density at radius 2 is 1.83 bits per heavy atom. The molecular weight excluding hydrogens is 208 g/mol. The second-order valence-electron chi connectivity index (χ2n) is 2.91. The highest BCUT2D eigenvalue weighted by atomic mass is 32.1. The first-order chi connectivity index (χ1) is 5.58. The first-order valence-electron chi connectivity index (χ1n) is 3.97. The fourth-order valence-corrected chi connectivity index (χ4v) is 4.13. The number of hydrogen-bond acceptors (Lipinski definition) is 4. The molecule has 0 saturated carbocycles. The molecule has 0 spiro atoms. The topological polar surface area (TPSA) is 18.5 Å². The second-order valence-corrected chi connectivity index (χ2v) is 7.58. The highest BCUT2D eigenvalue weighted by molar-refractivity contribution is 7.81. The van der Waals surface area contributed by atoms with Crippen LogP contribution < -0.4 is 0 Å². The molecular formula is C7H18O2S2Si. The summed E-state index contributed by atoms with van der Waals surface area (Å²) in [6.45, 7) is 2.05. The van der Waals surface area contributed by atoms with Gasteiger partial charge in [0.2, 0.25) is 0 Å². The Labute approximate surface area is 87.1 Å². The molecule has 0 aromatic carbocycles. The summed E-state index contributed by atoms with van der Waals surface area (Å²) >= 11 is 8.59. The van der Waals surface area contributed by atoms with Crippen molar-refractivity contribution in [3.63, 3.8) is 0 Å². The minimum Gasteiger partial charge on any atom is -0.398 e. The lowest BCUT2D eigenvalue weighted by Gasteiger charge is -2.25. The van der Waals surface area contributed by atoms with E-state index in [0.717, 1.165) is 18.2 Å². The van der Waals surface area contributed by atoms with Crippen LogP contribution in [0, 0.1) is 0 Å². The van der Waals surface area contributed by atoms with Gasteiger partial charge in [0.05, 0.1) is 0 Å². The molecule has 0 aromatic rings. The van der Waals surface area contributed by atoms with E-state index in [4.69, 9.17) is 8.85 Å². The van der Waals surface area contributed by atoms with Crippen LogP contribution in [-0.4, -0.2) is 33.8 Å². The van der Waals surface area contributed by atoms with Gasteiger partial charge in [0, 0.05) is 25.5 Å². The van der Waals surface area contributed by atoms with Crippen LogP contribution >= 0.6 is 25.3 Å². The highest BCUT2D eigenvalue weighted by Gasteiger charge is 2.30. The van der Waals surface area contributed by atoms with Crippen molar-refractivity contribution >= 4 is 33.8 Å². The monoisotopic (exact) mass is 226 g/mol. The van der Waals surface area contributed by atoms with Crippen molar-refractivity contribution < 1.29 is 8.85 Å². The summed E-state index contributed by atoms with van der Waals surface area (Å²) in [5, 5.41) is 0.346. The van der Waals surface area contributed by atoms with Gasteiger partial charge >= 0.3 is 8.56 Å². The quantitative estimate of drug-likeness (QED) is 0.533. The van der Waals surface area contributed by atoms with Crippen molar-refractivity contribution in [3.05, 3.63) is 0 Å². The molecule has 5 heteroatoms. The fraction of sp³-hybridized carbons (Fsp3) is 1.00. The molecule has 0 radical (unpaired) electrons. The Balaban J connectivity index is 3.84. The van der Waals surface area contributed by atoms with Gasteiger partial charge in [-0.15, -0.1) is 0 Å². The molecule has 2 nitrogen and oxygen atoms in total. The van der Waals surface area contributed by atoms with Crippen LogP contribution in [0.1, 0.15) is 6.42 Å². The largest absolute Gasteiger partial charge is 0.398 e. The van der Waals surface area contributed by atoms with E-state index in [1.165, 1.54) is 0 Å². The SMILES string of the molecule is CO[Si](C)(CC(S)CCS)OC. The van der Waals surface area contributed by atoms with Crippen molar-refractivity contribution in [3.8, 4) is 0 Å². The normalized spacial score (nSPS) is 14.8. The third-order valence-corrected chi connectivity index (χ3v) is 5.94. The molecule has 12 heavy (non-hydrogen) atoms. The molecule has 1 atom stereocenters. The summed E-state index contributed by atoms with van der Waals surface area (Å²) in [6, 6.07) is 0.920. The van der Waals surface area contributed by atoms with Crippen LogP contribution in [0.15, 0.2) is 0 Å². The second kappa shape index (κ2) is 6.31. The maximum Gasteiger partial charge on any atom is 0.335 e. The van der Waals surface area contributed by atoms with Crippen LogP contribution in [-0.2, 0) is 8.85 Å². The summed E-state index contributed by atoms with van der Waals surface area (Å²) in [7, 11) is 1.50. The molecule has 0 aromatic heterocycles. The predicted molar refractivity (Wildman–Crippen MR) is 61.7 cm³/mol. The van der Waals surface area contributed by atoms with Crippen LogP contribution in [0.3, 0.4) is 0 Å². The maximum absolute atomic E-state index is 5.35. The molecule has 0 bridgehead atoms. The van der Waals surface area contributed by atoms with E-state index in [1.54, 1.807) is 14.2 Å². The summed E-state index contributed by atoms with van der Waals surface area (Å²) < 4.78 is 10.7. The molecule has 0 aliphatic carbocycles. The van der Waals surface area contributed by atoms with Gasteiger partial charge in [-0.1, -0.05) is 0 Å². The lowest BCUT2D eigenvalue weighted by molar-refractivity contribution is 0.249. The maximum atomic E-state index is 5.35. The third-order valence-electron chi connectivity index (χ3n) is 1.93. The van der Waals surface area contributed by atoms with Gasteiger partial charge in [0.15, 0.2) is 0 Å². The molecule has 74 valence electrons. The highest BCUT2D eigenvalue weighted by Crippen LogP contribution is 2.19. The van der Waals surface area contributed by atoms with Gasteiger partial charge in [0.25, 0.3) is 0 Å². The van der Waals surface area contributed by atoms with Crippen molar-refractivity contribution in [1.29, 1.82) is 0 Å². The molecule has 0 heterocycles. The van der Waals surface area contributed by atoms with Crippen molar-refractivity contribution in [2.75, 3.05) is 20.0 Å². The van der Waals surface area contributed by atoms with Gasteiger partial charge in [-0.3, -0.25) is 0 Å². The average Bonchev–Trinajstić information content (AvgIpc) is 2.05. The fourth-order valence-electron chi connectivity index (χ4n) is 0.929. The van der Waals surface area contributed by atoms with Crippen LogP contribution in [0.5, 0.6) is 0 Å². The summed E-state index contributed by atoms with van der Waals surface area (Å²) in [6.07, 6.45) is 1.00. The van der Waals surface area contributed by atoms with E-state index in [9.17, 15) is 0 Å². The predicted octanol–water partition coefficient (Wildman–Crippen LogP) is 1.97. The minimum absolute atomic E-state index is 0.346. The first kappa shape index (κ1) is 12.8. The summed E-state index contributed by atoms with van der Waals surface area (Å²) in [4.78, 5) is 0. The molecule has 0 aliphatic rings. The molecule has 0 amide bonds. The molecule has 1 unspecified atom stereocenters. The summed E-state index contributed by atoms with van der Waals surface area (Å²) in [5.74, 6) is 0.867. The molecule has 0 rings (SSSR count). The van der Waals surface area contributed by atoms with Gasteiger partial charge in [-0.05, 0) is 18.7 Å². The van der Waals surface area contributed by atoms with Crippen molar-refractivity contribution in [2.24, 2.45) is 0 Å². The Morgan fingerprint density at radius 1 is 1.33 bits per heavy atom. The van der Waals surface area contributed by atoms with Gasteiger partial charge < -0.3 is 8.85 Å². The molecule has 0 saturated heterocycles. The van der Waals surface area contributed by atoms with E-state index in [0.29, 0.717) is 5.25 Å². The van der Waals surface area contributed by atoms with Gasteiger partial charge in [-0.2, -0.15) is 25.3 Å². The zero-order chi connectivity index (χ0) is 9.61. The molecule has 0 aliphatic heterocycles. The minimum atomic E-state index is -1.91. The smallest absolute Gasteiger partial charge is 0.335 e. The summed E-state index contributed by atoms with van der Waals surface area (Å²) in [5.41, 5.74) is 0. The lowest BCUT2D eigenvalue weighted by atomic mass is 10.4. The van der Waals surface area contributed by atoms with Crippen LogP contribution in [0.4, 0.5) is 0 Å². The van der Waals surface area contributed by atoms with E-state index in [1.807, 2.05) is 0 Å². The Morgan fingerprint density at radius 3 is 2.17 bits per heavy atom. The molecule has 0 fully saturated rings. The zero-order valence-corrected chi connectivity index (χ0v) is 10.7. The average molecular weight is 226 g/mol. The molecule has 0 N–H and O–H groups in total. The standard InChI is InChI=1S/C7H18O2S2Si/c1-8-12(3,9-2)6-7(11)4-5-10/h7,10-11H,4-6H2,1-3H3. The van der Waals surface area contributed by atoms with E-state index in [2.05, 4.69) is 31.8 Å². The lowest BCUT2D eigenvalue weighted by Crippen LogP contribution is -2.38. The number of rotatable bonds is 6. The van der Waals surface area contributed by atoms with Crippen LogP contribution in [0.25, 0.3) is 0 Å². The van der Waals surface area contributed by atoms with Gasteiger partial charge in [-0.25, -0.2) is 0 Å². The van der Waals surface area contributed by atoms with E-state index in [-0.39, 0.29) is 0 Å². The van der Waals surface area contributed by atoms with Crippen molar-refractivity contribution in [2.45, 2.75) is 24.3 Å². The van der Waals surface area contributed by atoms with Crippen molar-refractivity contribution in [1.82, 2.24) is 0 Å².